The van der Waals surface area contributed by atoms with E-state index in [1.54, 1.807) is 0 Å². The Bertz CT molecular complexity index is 29.9. The number of hydrogen-bond donors (Lipinski definition) is 2. The molecule has 5 heavy (non-hydrogen) atoms. The Balaban J connectivity index is 0. The van der Waals surface area contributed by atoms with Gasteiger partial charge in [-0.15, -0.1) is 0 Å². The maximum absolute atomic E-state index is 8.67. The Hall–Kier alpha value is 0.589. The van der Waals surface area contributed by atoms with Gasteiger partial charge in [-0.2, -0.15) is 4.21 Å². The molecule has 0 bridgehead atoms. The van der Waals surface area contributed by atoms with Crippen molar-refractivity contribution < 1.29 is 30.4 Å². The summed E-state index contributed by atoms with van der Waals surface area (Å²) in [6, 6.07) is 0. The molecule has 0 unspecified atom stereocenters. The molecule has 0 aliphatic rings. The van der Waals surface area contributed by atoms with Crippen LogP contribution in [0.1, 0.15) is 0 Å². The summed E-state index contributed by atoms with van der Waals surface area (Å²) < 4.78 is 22.8. The molecular weight excluding hydrogens is 136 g/mol. The minimum Gasteiger partial charge on any atom is -0.284 e. The second-order valence-electron chi connectivity index (χ2n) is 0.231. The molecule has 0 radical (unpaired) electrons. The van der Waals surface area contributed by atoms with Gasteiger partial charge in [0, 0.05) is 0 Å². The predicted molar refractivity (Wildman–Crippen MR) is 13.4 cm³/mol. The zero-order valence-electron chi connectivity index (χ0n) is 2.06. The summed E-state index contributed by atoms with van der Waals surface area (Å²) in [5, 5.41) is 0. The number of hydrogen-bond acceptors (Lipinski definition) is 1. The smallest absolute Gasteiger partial charge is 0.284 e. The third-order valence-corrected chi connectivity index (χ3v) is 0. The van der Waals surface area contributed by atoms with E-state index >= 15 is 0 Å². The van der Waals surface area contributed by atoms with Crippen molar-refractivity contribution in [3.8, 4) is 0 Å². The van der Waals surface area contributed by atoms with Crippen LogP contribution in [-0.4, -0.2) is 13.3 Å². The van der Waals surface area contributed by atoms with Crippen LogP contribution in [0.15, 0.2) is 0 Å². The van der Waals surface area contributed by atoms with Crippen molar-refractivity contribution in [2.45, 2.75) is 0 Å². The Kier molecular flexibility index (Phi) is 8.39. The molecule has 0 aliphatic heterocycles. The third-order valence-electron chi connectivity index (χ3n) is 0. The minimum absolute atomic E-state index is 0. The fourth-order valence-corrected chi connectivity index (χ4v) is 0. The van der Waals surface area contributed by atoms with Crippen molar-refractivity contribution in [1.82, 2.24) is 0 Å². The predicted octanol–water partition coefficient (Wildman–Crippen LogP) is -0.321. The third kappa shape index (κ3) is 88.6. The Morgan fingerprint density at radius 1 is 1.40 bits per heavy atom. The Morgan fingerprint density at radius 3 is 1.40 bits per heavy atom. The maximum atomic E-state index is 8.67. The molecule has 0 atom stereocenters. The molecule has 0 aromatic heterocycles. The standard InChI is InChI=1S/Fe.H2O3S/c;1-4(2)3/h;(H2,1,2,3)/q+2;. The summed E-state index contributed by atoms with van der Waals surface area (Å²) in [4.78, 5) is 0. The van der Waals surface area contributed by atoms with Crippen LogP contribution >= 0.6 is 0 Å². The second kappa shape index (κ2) is 4.59. The molecule has 0 aliphatic carbocycles. The van der Waals surface area contributed by atoms with Gasteiger partial charge in [-0.25, -0.2) is 0 Å². The molecule has 5 heteroatoms. The number of rotatable bonds is 0. The van der Waals surface area contributed by atoms with Gasteiger partial charge in [0.05, 0.1) is 0 Å². The summed E-state index contributed by atoms with van der Waals surface area (Å²) in [5.41, 5.74) is 0. The first-order valence-corrected chi connectivity index (χ1v) is 1.60. The minimum atomic E-state index is -2.61. The monoisotopic (exact) mass is 138 g/mol. The van der Waals surface area contributed by atoms with E-state index < -0.39 is 11.4 Å². The van der Waals surface area contributed by atoms with Gasteiger partial charge in [0.1, 0.15) is 0 Å². The van der Waals surface area contributed by atoms with Crippen molar-refractivity contribution in [1.29, 1.82) is 0 Å². The van der Waals surface area contributed by atoms with E-state index in [9.17, 15) is 0 Å². The average molecular weight is 138 g/mol. The molecule has 3 nitrogen and oxygen atoms in total. The molecule has 0 rings (SSSR count). The largest absolute Gasteiger partial charge is 2.00 e. The Labute approximate surface area is 42.4 Å². The average Bonchev–Trinajstić information content (AvgIpc) is 0.811. The van der Waals surface area contributed by atoms with Crippen molar-refractivity contribution in [3.05, 3.63) is 0 Å². The Morgan fingerprint density at radius 2 is 1.40 bits per heavy atom. The molecule has 2 N–H and O–H groups in total. The fourth-order valence-electron chi connectivity index (χ4n) is 0. The van der Waals surface area contributed by atoms with Gasteiger partial charge in [-0.05, 0) is 0 Å². The molecule has 0 aromatic rings. The molecule has 0 spiro atoms. The van der Waals surface area contributed by atoms with Crippen LogP contribution in [0.3, 0.4) is 0 Å². The quantitative estimate of drug-likeness (QED) is 0.356. The summed E-state index contributed by atoms with van der Waals surface area (Å²) in [7, 11) is 0. The van der Waals surface area contributed by atoms with Gasteiger partial charge < -0.3 is 0 Å². The molecule has 0 saturated heterocycles. The maximum Gasteiger partial charge on any atom is 2.00 e. The molecule has 0 aromatic carbocycles. The van der Waals surface area contributed by atoms with E-state index in [-0.39, 0.29) is 17.1 Å². The molecule has 0 heterocycles. The molecule has 0 amide bonds. The van der Waals surface area contributed by atoms with Crippen LogP contribution in [0.4, 0.5) is 0 Å². The van der Waals surface area contributed by atoms with Gasteiger partial charge >= 0.3 is 17.1 Å². The molecule has 0 fully saturated rings. The first-order valence-electron chi connectivity index (χ1n) is 0.532. The van der Waals surface area contributed by atoms with E-state index in [2.05, 4.69) is 0 Å². The van der Waals surface area contributed by atoms with E-state index in [4.69, 9.17) is 13.3 Å². The van der Waals surface area contributed by atoms with Gasteiger partial charge in [-0.1, -0.05) is 0 Å². The van der Waals surface area contributed by atoms with Gasteiger partial charge in [0.15, 0.2) is 0 Å². The van der Waals surface area contributed by atoms with Crippen molar-refractivity contribution in [2.24, 2.45) is 0 Å². The normalized spacial score (nSPS) is 7.00. The fraction of sp³-hybridized carbons (Fsp3) is 0. The van der Waals surface area contributed by atoms with Crippen LogP contribution < -0.4 is 0 Å². The zero-order valence-corrected chi connectivity index (χ0v) is 3.99. The van der Waals surface area contributed by atoms with Crippen LogP contribution in [0, 0.1) is 0 Å². The first kappa shape index (κ1) is 9.14. The van der Waals surface area contributed by atoms with E-state index in [1.165, 1.54) is 0 Å². The first-order chi connectivity index (χ1) is 1.73. The van der Waals surface area contributed by atoms with E-state index in [0.717, 1.165) is 0 Å². The zero-order chi connectivity index (χ0) is 3.58. The van der Waals surface area contributed by atoms with Gasteiger partial charge in [0.2, 0.25) is 0 Å². The summed E-state index contributed by atoms with van der Waals surface area (Å²) >= 11 is -2.61. The van der Waals surface area contributed by atoms with Crippen LogP contribution in [-0.2, 0) is 28.4 Å². The van der Waals surface area contributed by atoms with Gasteiger partial charge in [-0.3, -0.25) is 9.11 Å². The van der Waals surface area contributed by atoms with Crippen LogP contribution in [0.25, 0.3) is 0 Å². The van der Waals surface area contributed by atoms with Crippen LogP contribution in [0.5, 0.6) is 0 Å². The van der Waals surface area contributed by atoms with Crippen molar-refractivity contribution in [2.75, 3.05) is 0 Å². The summed E-state index contributed by atoms with van der Waals surface area (Å²) in [6.45, 7) is 0. The summed E-state index contributed by atoms with van der Waals surface area (Å²) in [6.07, 6.45) is 0. The topological polar surface area (TPSA) is 57.5 Å². The SMILES string of the molecule is O=S(O)O.[Fe+2]. The van der Waals surface area contributed by atoms with Gasteiger partial charge in [0.25, 0.3) is 11.4 Å². The molecular formula is H2FeO3S+2. The van der Waals surface area contributed by atoms with Crippen molar-refractivity contribution in [3.63, 3.8) is 0 Å². The van der Waals surface area contributed by atoms with E-state index in [1.807, 2.05) is 0 Å². The summed E-state index contributed by atoms with van der Waals surface area (Å²) in [5.74, 6) is 0. The second-order valence-corrected chi connectivity index (χ2v) is 0.692. The van der Waals surface area contributed by atoms with Crippen molar-refractivity contribution >= 4 is 11.4 Å². The molecule has 0 saturated carbocycles. The molecule has 32 valence electrons. The van der Waals surface area contributed by atoms with Crippen LogP contribution in [0.2, 0.25) is 0 Å². The van der Waals surface area contributed by atoms with E-state index in [0.29, 0.717) is 0 Å².